The SMILES string of the molecule is C1=CC(c2ccccc2)(c2ccc3c(c2)[nH]c2cc(-c4cccc(-c5ccccc5)c4)ccc23)CC=C1c1ccccc1. The van der Waals surface area contributed by atoms with E-state index in [4.69, 9.17) is 0 Å². The lowest BCUT2D eigenvalue weighted by atomic mass is 9.69. The molecule has 1 N–H and O–H groups in total. The van der Waals surface area contributed by atoms with Crippen molar-refractivity contribution in [2.24, 2.45) is 0 Å². The average Bonchev–Trinajstić information content (AvgIpc) is 3.47. The summed E-state index contributed by atoms with van der Waals surface area (Å²) in [5.41, 5.74) is 12.2. The lowest BCUT2D eigenvalue weighted by Crippen LogP contribution is -2.26. The Bertz CT molecular complexity index is 2130. The van der Waals surface area contributed by atoms with E-state index in [1.54, 1.807) is 0 Å². The molecule has 0 radical (unpaired) electrons. The maximum absolute atomic E-state index is 3.78. The van der Waals surface area contributed by atoms with E-state index in [9.17, 15) is 0 Å². The van der Waals surface area contributed by atoms with Gasteiger partial charge in [0.1, 0.15) is 0 Å². The van der Waals surface area contributed by atoms with Gasteiger partial charge in [-0.1, -0.05) is 152 Å². The Labute approximate surface area is 252 Å². The average molecular weight is 550 g/mol. The van der Waals surface area contributed by atoms with Crippen LogP contribution in [-0.2, 0) is 5.41 Å². The summed E-state index contributed by atoms with van der Waals surface area (Å²) in [6.45, 7) is 0. The first kappa shape index (κ1) is 25.3. The Morgan fingerprint density at radius 3 is 1.72 bits per heavy atom. The van der Waals surface area contributed by atoms with Crippen LogP contribution in [0.5, 0.6) is 0 Å². The number of rotatable bonds is 5. The molecule has 1 nitrogen and oxygen atoms in total. The molecule has 6 aromatic carbocycles. The van der Waals surface area contributed by atoms with Gasteiger partial charge in [0, 0.05) is 27.2 Å². The van der Waals surface area contributed by atoms with Crippen molar-refractivity contribution in [3.63, 3.8) is 0 Å². The van der Waals surface area contributed by atoms with Crippen LogP contribution in [0.4, 0.5) is 0 Å². The monoisotopic (exact) mass is 549 g/mol. The van der Waals surface area contributed by atoms with E-state index >= 15 is 0 Å². The van der Waals surface area contributed by atoms with Gasteiger partial charge in [-0.2, -0.15) is 0 Å². The Balaban J connectivity index is 1.20. The number of fused-ring (bicyclic) bond motifs is 3. The molecule has 8 rings (SSSR count). The van der Waals surface area contributed by atoms with Gasteiger partial charge in [-0.3, -0.25) is 0 Å². The molecule has 0 amide bonds. The Kier molecular flexibility index (Phi) is 6.16. The minimum atomic E-state index is -0.228. The molecule has 0 saturated carbocycles. The van der Waals surface area contributed by atoms with E-state index in [1.807, 2.05) is 0 Å². The van der Waals surface area contributed by atoms with Gasteiger partial charge in [-0.15, -0.1) is 0 Å². The lowest BCUT2D eigenvalue weighted by molar-refractivity contribution is 0.650. The van der Waals surface area contributed by atoms with Crippen LogP contribution in [0.3, 0.4) is 0 Å². The van der Waals surface area contributed by atoms with E-state index < -0.39 is 0 Å². The van der Waals surface area contributed by atoms with Gasteiger partial charge in [0.2, 0.25) is 0 Å². The molecule has 204 valence electrons. The first-order valence-electron chi connectivity index (χ1n) is 15.0. The summed E-state index contributed by atoms with van der Waals surface area (Å²) in [6, 6.07) is 54.8. The Hall–Kier alpha value is -5.40. The third-order valence-corrected chi connectivity index (χ3v) is 9.00. The third-order valence-electron chi connectivity index (χ3n) is 9.00. The Morgan fingerprint density at radius 1 is 0.442 bits per heavy atom. The maximum Gasteiger partial charge on any atom is 0.0471 e. The summed E-state index contributed by atoms with van der Waals surface area (Å²) < 4.78 is 0. The van der Waals surface area contributed by atoms with Crippen LogP contribution in [-0.4, -0.2) is 4.98 Å². The van der Waals surface area contributed by atoms with Crippen LogP contribution in [0, 0.1) is 0 Å². The molecule has 0 aliphatic heterocycles. The summed E-state index contributed by atoms with van der Waals surface area (Å²) >= 11 is 0. The smallest absolute Gasteiger partial charge is 0.0471 e. The molecule has 0 fully saturated rings. The van der Waals surface area contributed by atoms with E-state index in [1.165, 1.54) is 60.8 Å². The van der Waals surface area contributed by atoms with Crippen molar-refractivity contribution >= 4 is 27.4 Å². The van der Waals surface area contributed by atoms with E-state index in [-0.39, 0.29) is 5.41 Å². The quantitative estimate of drug-likeness (QED) is 0.220. The molecule has 1 heteroatoms. The van der Waals surface area contributed by atoms with Crippen LogP contribution >= 0.6 is 0 Å². The standard InChI is InChI=1S/C42H31N/c1-4-11-30(12-5-1)32-23-25-42(26-24-32,36-17-8-3-9-18-36)37-20-22-39-38-21-19-35(28-40(38)43-41(39)29-37)34-16-10-15-33(27-34)31-13-6-2-7-14-31/h1-25,27-29,43H,26H2. The number of aromatic amines is 1. The predicted molar refractivity (Wildman–Crippen MR) is 182 cm³/mol. The van der Waals surface area contributed by atoms with Gasteiger partial charge in [-0.25, -0.2) is 0 Å². The highest BCUT2D eigenvalue weighted by Crippen LogP contribution is 2.43. The topological polar surface area (TPSA) is 15.8 Å². The normalized spacial score (nSPS) is 16.4. The van der Waals surface area contributed by atoms with Crippen LogP contribution in [0.25, 0.3) is 49.6 Å². The molecule has 7 aromatic rings. The summed E-state index contributed by atoms with van der Waals surface area (Å²) in [5.74, 6) is 0. The molecule has 1 aliphatic carbocycles. The summed E-state index contributed by atoms with van der Waals surface area (Å²) in [4.78, 5) is 3.78. The van der Waals surface area contributed by atoms with Crippen molar-refractivity contribution < 1.29 is 0 Å². The minimum Gasteiger partial charge on any atom is -0.354 e. The molecule has 0 spiro atoms. The lowest BCUT2D eigenvalue weighted by Gasteiger charge is -2.34. The minimum absolute atomic E-state index is 0.228. The zero-order valence-electron chi connectivity index (χ0n) is 23.9. The van der Waals surface area contributed by atoms with Gasteiger partial charge < -0.3 is 4.98 Å². The zero-order valence-corrected chi connectivity index (χ0v) is 23.9. The van der Waals surface area contributed by atoms with Crippen LogP contribution in [0.2, 0.25) is 0 Å². The van der Waals surface area contributed by atoms with Crippen molar-refractivity contribution in [1.82, 2.24) is 4.98 Å². The largest absolute Gasteiger partial charge is 0.354 e. The summed E-state index contributed by atoms with van der Waals surface area (Å²) in [7, 11) is 0. The van der Waals surface area contributed by atoms with Gasteiger partial charge in [-0.05, 0) is 69.1 Å². The van der Waals surface area contributed by atoms with Crippen molar-refractivity contribution in [2.75, 3.05) is 0 Å². The molecular weight excluding hydrogens is 518 g/mol. The van der Waals surface area contributed by atoms with E-state index in [0.717, 1.165) is 11.9 Å². The van der Waals surface area contributed by atoms with Crippen LogP contribution in [0.1, 0.15) is 23.1 Å². The fraction of sp³-hybridized carbons (Fsp3) is 0.0476. The second kappa shape index (κ2) is 10.5. The number of H-pyrrole nitrogens is 1. The molecule has 1 atom stereocenters. The first-order valence-corrected chi connectivity index (χ1v) is 15.0. The van der Waals surface area contributed by atoms with Crippen molar-refractivity contribution in [2.45, 2.75) is 11.8 Å². The molecule has 1 aliphatic rings. The molecule has 1 aromatic heterocycles. The first-order chi connectivity index (χ1) is 21.3. The van der Waals surface area contributed by atoms with Gasteiger partial charge in [0.05, 0.1) is 0 Å². The number of hydrogen-bond donors (Lipinski definition) is 1. The van der Waals surface area contributed by atoms with E-state index in [2.05, 4.69) is 175 Å². The van der Waals surface area contributed by atoms with E-state index in [0.29, 0.717) is 0 Å². The highest BCUT2D eigenvalue weighted by Gasteiger charge is 2.33. The van der Waals surface area contributed by atoms with Crippen molar-refractivity contribution in [3.8, 4) is 22.3 Å². The van der Waals surface area contributed by atoms with Crippen LogP contribution in [0.15, 0.2) is 170 Å². The zero-order chi connectivity index (χ0) is 28.6. The number of aromatic nitrogens is 1. The number of benzene rings is 6. The molecule has 1 unspecified atom stereocenters. The third kappa shape index (κ3) is 4.51. The number of hydrogen-bond acceptors (Lipinski definition) is 0. The fourth-order valence-electron chi connectivity index (χ4n) is 6.69. The number of nitrogens with one attached hydrogen (secondary N) is 1. The summed E-state index contributed by atoms with van der Waals surface area (Å²) in [5, 5.41) is 2.51. The second-order valence-electron chi connectivity index (χ2n) is 11.5. The van der Waals surface area contributed by atoms with Gasteiger partial charge in [0.25, 0.3) is 0 Å². The van der Waals surface area contributed by atoms with Crippen molar-refractivity contribution in [1.29, 1.82) is 0 Å². The molecule has 43 heavy (non-hydrogen) atoms. The van der Waals surface area contributed by atoms with Gasteiger partial charge >= 0.3 is 0 Å². The molecular formula is C42H31N. The fourth-order valence-corrected chi connectivity index (χ4v) is 6.69. The highest BCUT2D eigenvalue weighted by molar-refractivity contribution is 6.08. The molecule has 1 heterocycles. The predicted octanol–water partition coefficient (Wildman–Crippen LogP) is 11.0. The number of allylic oxidation sites excluding steroid dienone is 4. The second-order valence-corrected chi connectivity index (χ2v) is 11.5. The van der Waals surface area contributed by atoms with Gasteiger partial charge in [0.15, 0.2) is 0 Å². The summed E-state index contributed by atoms with van der Waals surface area (Å²) in [6.07, 6.45) is 8.02. The Morgan fingerprint density at radius 2 is 1.02 bits per heavy atom. The van der Waals surface area contributed by atoms with Crippen molar-refractivity contribution in [3.05, 3.63) is 187 Å². The maximum atomic E-state index is 3.78. The molecule has 0 bridgehead atoms. The van der Waals surface area contributed by atoms with Crippen LogP contribution < -0.4 is 0 Å². The molecule has 0 saturated heterocycles. The highest BCUT2D eigenvalue weighted by atomic mass is 14.7.